The number of benzene rings is 2. The van der Waals surface area contributed by atoms with Gasteiger partial charge in [-0.2, -0.15) is 0 Å². The fraction of sp³-hybridized carbons (Fsp3) is 0.182. The van der Waals surface area contributed by atoms with E-state index in [1.807, 2.05) is 37.3 Å². The average molecular weight is 389 g/mol. The number of imide groups is 1. The number of carbonyl (C=O) groups is 3. The lowest BCUT2D eigenvalue weighted by Crippen LogP contribution is -2.34. The molecule has 2 heterocycles. The number of aryl methyl sites for hydroxylation is 1. The first-order valence-corrected chi connectivity index (χ1v) is 9.26. The van der Waals surface area contributed by atoms with Crippen molar-refractivity contribution in [1.29, 1.82) is 0 Å². The molecule has 1 aliphatic rings. The van der Waals surface area contributed by atoms with Crippen LogP contribution >= 0.6 is 0 Å². The maximum absolute atomic E-state index is 12.4. The summed E-state index contributed by atoms with van der Waals surface area (Å²) < 4.78 is 5.64. The van der Waals surface area contributed by atoms with Crippen molar-refractivity contribution in [1.82, 2.24) is 15.2 Å². The number of rotatable bonds is 6. The smallest absolute Gasteiger partial charge is 0.261 e. The number of nitrogens with one attached hydrogen (secondary N) is 1. The lowest BCUT2D eigenvalue weighted by molar-refractivity contribution is -0.121. The first kappa shape index (κ1) is 18.6. The fourth-order valence-corrected chi connectivity index (χ4v) is 3.21. The molecule has 7 nitrogen and oxygen atoms in total. The number of hydrogen-bond donors (Lipinski definition) is 1. The number of nitrogens with zero attached hydrogens (tertiary/aromatic N) is 2. The van der Waals surface area contributed by atoms with E-state index < -0.39 is 0 Å². The van der Waals surface area contributed by atoms with E-state index in [9.17, 15) is 14.4 Å². The molecule has 3 aromatic rings. The summed E-state index contributed by atoms with van der Waals surface area (Å²) in [5, 5.41) is 2.70. The van der Waals surface area contributed by atoms with Gasteiger partial charge in [0.15, 0.2) is 5.76 Å². The van der Waals surface area contributed by atoms with Crippen LogP contribution in [0.2, 0.25) is 0 Å². The monoisotopic (exact) mass is 389 g/mol. The van der Waals surface area contributed by atoms with Gasteiger partial charge in [-0.15, -0.1) is 0 Å². The van der Waals surface area contributed by atoms with Crippen LogP contribution in [0.4, 0.5) is 0 Å². The maximum atomic E-state index is 12.4. The molecule has 146 valence electrons. The van der Waals surface area contributed by atoms with Crippen molar-refractivity contribution in [2.75, 3.05) is 6.54 Å². The van der Waals surface area contributed by atoms with Crippen LogP contribution in [0.25, 0.3) is 11.3 Å². The number of fused-ring (bicyclic) bond motifs is 1. The van der Waals surface area contributed by atoms with Gasteiger partial charge in [-0.25, -0.2) is 4.98 Å². The molecule has 0 bridgehead atoms. The molecule has 0 aliphatic carbocycles. The van der Waals surface area contributed by atoms with Gasteiger partial charge in [-0.1, -0.05) is 42.0 Å². The van der Waals surface area contributed by atoms with Gasteiger partial charge in [0, 0.05) is 18.5 Å². The predicted octanol–water partition coefficient (Wildman–Crippen LogP) is 2.95. The van der Waals surface area contributed by atoms with Crippen molar-refractivity contribution in [2.24, 2.45) is 0 Å². The second-order valence-corrected chi connectivity index (χ2v) is 6.82. The standard InChI is InChI=1S/C22H19N3O4/c1-14-7-8-16-17(11-14)22(28)25(21(16)27)10-9-19(26)23-13-20-24-12-18(29-20)15-5-3-2-4-6-15/h2-8,11-12H,9-10,13H2,1H3,(H,23,26). The summed E-state index contributed by atoms with van der Waals surface area (Å²) in [6, 6.07) is 14.7. The summed E-state index contributed by atoms with van der Waals surface area (Å²) in [6.45, 7) is 2.02. The number of oxazole rings is 1. The quantitative estimate of drug-likeness (QED) is 0.655. The normalized spacial score (nSPS) is 12.9. The molecule has 4 rings (SSSR count). The molecule has 2 aromatic carbocycles. The molecule has 0 radical (unpaired) electrons. The molecule has 0 spiro atoms. The van der Waals surface area contributed by atoms with Crippen LogP contribution in [0.3, 0.4) is 0 Å². The number of hydrogen-bond acceptors (Lipinski definition) is 5. The van der Waals surface area contributed by atoms with Gasteiger partial charge in [0.25, 0.3) is 11.8 Å². The zero-order valence-electron chi connectivity index (χ0n) is 15.8. The van der Waals surface area contributed by atoms with Crippen LogP contribution in [0, 0.1) is 6.92 Å². The van der Waals surface area contributed by atoms with Crippen molar-refractivity contribution in [3.63, 3.8) is 0 Å². The van der Waals surface area contributed by atoms with Crippen molar-refractivity contribution in [3.8, 4) is 11.3 Å². The zero-order chi connectivity index (χ0) is 20.4. The Labute approximate surface area is 167 Å². The summed E-state index contributed by atoms with van der Waals surface area (Å²) in [7, 11) is 0. The van der Waals surface area contributed by atoms with Gasteiger partial charge < -0.3 is 9.73 Å². The highest BCUT2D eigenvalue weighted by molar-refractivity contribution is 6.21. The number of carbonyl (C=O) groups excluding carboxylic acids is 3. The highest BCUT2D eigenvalue weighted by Crippen LogP contribution is 2.24. The Morgan fingerprint density at radius 1 is 1.07 bits per heavy atom. The Morgan fingerprint density at radius 2 is 1.83 bits per heavy atom. The maximum Gasteiger partial charge on any atom is 0.261 e. The Balaban J connectivity index is 1.31. The highest BCUT2D eigenvalue weighted by atomic mass is 16.4. The van der Waals surface area contributed by atoms with E-state index in [0.29, 0.717) is 22.8 Å². The van der Waals surface area contributed by atoms with E-state index in [0.717, 1.165) is 16.0 Å². The van der Waals surface area contributed by atoms with Gasteiger partial charge >= 0.3 is 0 Å². The van der Waals surface area contributed by atoms with Gasteiger partial charge in [0.05, 0.1) is 23.9 Å². The van der Waals surface area contributed by atoms with Gasteiger partial charge in [-0.3, -0.25) is 19.3 Å². The van der Waals surface area contributed by atoms with Crippen molar-refractivity contribution in [2.45, 2.75) is 19.9 Å². The van der Waals surface area contributed by atoms with Crippen molar-refractivity contribution < 1.29 is 18.8 Å². The summed E-state index contributed by atoms with van der Waals surface area (Å²) in [4.78, 5) is 42.3. The summed E-state index contributed by atoms with van der Waals surface area (Å²) in [5.74, 6) is -0.0125. The molecule has 1 N–H and O–H groups in total. The minimum absolute atomic E-state index is 0.0106. The van der Waals surface area contributed by atoms with Crippen LogP contribution in [0.5, 0.6) is 0 Å². The molecule has 1 aliphatic heterocycles. The lowest BCUT2D eigenvalue weighted by atomic mass is 10.1. The first-order chi connectivity index (χ1) is 14.0. The lowest BCUT2D eigenvalue weighted by Gasteiger charge is -2.13. The highest BCUT2D eigenvalue weighted by Gasteiger charge is 2.35. The molecule has 0 saturated heterocycles. The first-order valence-electron chi connectivity index (χ1n) is 9.26. The Kier molecular flexibility index (Phi) is 4.95. The van der Waals surface area contributed by atoms with Crippen LogP contribution in [-0.2, 0) is 11.3 Å². The van der Waals surface area contributed by atoms with Crippen LogP contribution in [0.1, 0.15) is 38.6 Å². The Bertz CT molecular complexity index is 1090. The third-order valence-corrected chi connectivity index (χ3v) is 4.74. The van der Waals surface area contributed by atoms with Gasteiger partial charge in [-0.05, 0) is 19.1 Å². The molecule has 0 unspecified atom stereocenters. The third-order valence-electron chi connectivity index (χ3n) is 4.74. The largest absolute Gasteiger partial charge is 0.439 e. The summed E-state index contributed by atoms with van der Waals surface area (Å²) in [5.41, 5.74) is 2.58. The topological polar surface area (TPSA) is 92.5 Å². The predicted molar refractivity (Wildman–Crippen MR) is 105 cm³/mol. The van der Waals surface area contributed by atoms with Crippen LogP contribution < -0.4 is 5.32 Å². The SMILES string of the molecule is Cc1ccc2c(c1)C(=O)N(CCC(=O)NCc1ncc(-c3ccccc3)o1)C2=O. The van der Waals surface area contributed by atoms with Crippen molar-refractivity contribution >= 4 is 17.7 Å². The van der Waals surface area contributed by atoms with Crippen LogP contribution in [-0.4, -0.2) is 34.2 Å². The summed E-state index contributed by atoms with van der Waals surface area (Å²) in [6.07, 6.45) is 1.62. The molecule has 7 heteroatoms. The molecule has 0 atom stereocenters. The van der Waals surface area contributed by atoms with Gasteiger partial charge in [0.1, 0.15) is 0 Å². The van der Waals surface area contributed by atoms with Gasteiger partial charge in [0.2, 0.25) is 11.8 Å². The molecule has 0 saturated carbocycles. The molecule has 3 amide bonds. The van der Waals surface area contributed by atoms with E-state index >= 15 is 0 Å². The van der Waals surface area contributed by atoms with E-state index in [1.165, 1.54) is 0 Å². The fourth-order valence-electron chi connectivity index (χ4n) is 3.21. The summed E-state index contributed by atoms with van der Waals surface area (Å²) >= 11 is 0. The average Bonchev–Trinajstić information content (AvgIpc) is 3.29. The Hall–Kier alpha value is -3.74. The number of aromatic nitrogens is 1. The molecular formula is C22H19N3O4. The third kappa shape index (κ3) is 3.80. The van der Waals surface area contributed by atoms with E-state index in [-0.39, 0.29) is 37.2 Å². The van der Waals surface area contributed by atoms with Crippen LogP contribution in [0.15, 0.2) is 59.1 Å². The minimum atomic E-state index is -0.363. The van der Waals surface area contributed by atoms with E-state index in [1.54, 1.807) is 24.4 Å². The second kappa shape index (κ2) is 7.71. The minimum Gasteiger partial charge on any atom is -0.439 e. The molecule has 29 heavy (non-hydrogen) atoms. The van der Waals surface area contributed by atoms with E-state index in [4.69, 9.17) is 4.42 Å². The second-order valence-electron chi connectivity index (χ2n) is 6.82. The molecular weight excluding hydrogens is 370 g/mol. The zero-order valence-corrected chi connectivity index (χ0v) is 15.8. The van der Waals surface area contributed by atoms with E-state index in [2.05, 4.69) is 10.3 Å². The molecule has 1 aromatic heterocycles. The van der Waals surface area contributed by atoms with Crippen molar-refractivity contribution in [3.05, 3.63) is 77.3 Å². The Morgan fingerprint density at radius 3 is 2.62 bits per heavy atom. The number of amides is 3. The molecule has 0 fully saturated rings.